The van der Waals surface area contributed by atoms with E-state index >= 15 is 0 Å². The average Bonchev–Trinajstić information content (AvgIpc) is 2.92. The number of sulfonamides is 1. The van der Waals surface area contributed by atoms with E-state index in [9.17, 15) is 8.42 Å². The third-order valence-corrected chi connectivity index (χ3v) is 6.51. The highest BCUT2D eigenvalue weighted by molar-refractivity contribution is 14.0. The van der Waals surface area contributed by atoms with Crippen molar-refractivity contribution in [1.29, 1.82) is 0 Å². The summed E-state index contributed by atoms with van der Waals surface area (Å²) in [6.07, 6.45) is 1.81. The van der Waals surface area contributed by atoms with Crippen LogP contribution in [-0.2, 0) is 16.4 Å². The second kappa shape index (κ2) is 11.2. The molecule has 27 heavy (non-hydrogen) atoms. The summed E-state index contributed by atoms with van der Waals surface area (Å²) < 4.78 is 25.2. The molecule has 1 aromatic rings. The van der Waals surface area contributed by atoms with Crippen LogP contribution in [0.5, 0.6) is 0 Å². The van der Waals surface area contributed by atoms with Crippen LogP contribution in [0.3, 0.4) is 0 Å². The first-order valence-electron chi connectivity index (χ1n) is 9.35. The predicted molar refractivity (Wildman–Crippen MR) is 123 cm³/mol. The molecule has 0 saturated carbocycles. The number of nitrogens with one attached hydrogen (secondary N) is 2. The largest absolute Gasteiger partial charge is 0.355 e. The van der Waals surface area contributed by atoms with Crippen LogP contribution in [0, 0.1) is 5.92 Å². The van der Waals surface area contributed by atoms with Crippen LogP contribution in [0.1, 0.15) is 44.4 Å². The van der Waals surface area contributed by atoms with Gasteiger partial charge in [0.15, 0.2) is 5.96 Å². The monoisotopic (exact) mass is 508 g/mol. The third-order valence-electron chi connectivity index (χ3n) is 4.56. The molecular weight excluding hydrogens is 475 g/mol. The van der Waals surface area contributed by atoms with Gasteiger partial charge in [-0.3, -0.25) is 4.99 Å². The maximum absolute atomic E-state index is 11.8. The van der Waals surface area contributed by atoms with Gasteiger partial charge < -0.3 is 10.6 Å². The summed E-state index contributed by atoms with van der Waals surface area (Å²) >= 11 is 0. The normalized spacial score (nSPS) is 18.2. The summed E-state index contributed by atoms with van der Waals surface area (Å²) in [6, 6.07) is 8.79. The number of guanidine groups is 1. The van der Waals surface area contributed by atoms with Crippen molar-refractivity contribution in [2.45, 2.75) is 39.7 Å². The van der Waals surface area contributed by atoms with Gasteiger partial charge in [-0.25, -0.2) is 12.7 Å². The van der Waals surface area contributed by atoms with E-state index < -0.39 is 10.0 Å². The fourth-order valence-electron chi connectivity index (χ4n) is 3.14. The van der Waals surface area contributed by atoms with E-state index in [1.165, 1.54) is 11.1 Å². The minimum absolute atomic E-state index is 0. The van der Waals surface area contributed by atoms with Gasteiger partial charge in [0.1, 0.15) is 0 Å². The molecule has 0 spiro atoms. The molecule has 1 fully saturated rings. The number of nitrogens with zero attached hydrogens (tertiary/aromatic N) is 2. The number of hydrogen-bond donors (Lipinski definition) is 2. The maximum atomic E-state index is 11.8. The standard InChI is InChI=1S/C19H32N4O2S.HI/c1-15(2)14-17-6-8-18(9-7-17)16(3)22-19(20-4)21-10-12-23-11-5-13-26(23,24)25;/h6-9,15-16H,5,10-14H2,1-4H3,(H2,20,21,22);1H. The Bertz CT molecular complexity index is 705. The molecule has 1 atom stereocenters. The molecule has 2 N–H and O–H groups in total. The lowest BCUT2D eigenvalue weighted by Crippen LogP contribution is -2.42. The highest BCUT2D eigenvalue weighted by Gasteiger charge is 2.27. The summed E-state index contributed by atoms with van der Waals surface area (Å²) in [5, 5.41) is 6.57. The second-order valence-corrected chi connectivity index (χ2v) is 9.36. The summed E-state index contributed by atoms with van der Waals surface area (Å²) in [4.78, 5) is 4.24. The molecular formula is C19H33IN4O2S. The van der Waals surface area contributed by atoms with Gasteiger partial charge in [0.25, 0.3) is 0 Å². The van der Waals surface area contributed by atoms with E-state index in [1.807, 2.05) is 0 Å². The predicted octanol–water partition coefficient (Wildman–Crippen LogP) is 2.76. The van der Waals surface area contributed by atoms with Crippen LogP contribution in [0.25, 0.3) is 0 Å². The molecule has 8 heteroatoms. The van der Waals surface area contributed by atoms with Crippen LogP contribution < -0.4 is 10.6 Å². The Kier molecular flexibility index (Phi) is 10.0. The second-order valence-electron chi connectivity index (χ2n) is 7.27. The van der Waals surface area contributed by atoms with Gasteiger partial charge in [0.05, 0.1) is 11.8 Å². The van der Waals surface area contributed by atoms with Crippen LogP contribution in [-0.4, -0.2) is 51.1 Å². The first-order valence-corrected chi connectivity index (χ1v) is 11.0. The topological polar surface area (TPSA) is 73.8 Å². The average molecular weight is 508 g/mol. The van der Waals surface area contributed by atoms with Crippen molar-refractivity contribution in [2.24, 2.45) is 10.9 Å². The lowest BCUT2D eigenvalue weighted by molar-refractivity contribution is 0.444. The van der Waals surface area contributed by atoms with E-state index in [0.29, 0.717) is 31.5 Å². The van der Waals surface area contributed by atoms with Gasteiger partial charge in [0, 0.05) is 26.7 Å². The molecule has 0 bridgehead atoms. The molecule has 1 aliphatic rings. The van der Waals surface area contributed by atoms with Crippen LogP contribution in [0.15, 0.2) is 29.3 Å². The maximum Gasteiger partial charge on any atom is 0.214 e. The number of benzene rings is 1. The van der Waals surface area contributed by atoms with Crippen LogP contribution >= 0.6 is 24.0 Å². The molecule has 1 aromatic carbocycles. The Balaban J connectivity index is 0.00000364. The number of rotatable bonds is 7. The van der Waals surface area contributed by atoms with Gasteiger partial charge in [-0.15, -0.1) is 24.0 Å². The molecule has 0 radical (unpaired) electrons. The van der Waals surface area contributed by atoms with Crippen molar-refractivity contribution in [1.82, 2.24) is 14.9 Å². The van der Waals surface area contributed by atoms with Crippen molar-refractivity contribution in [3.63, 3.8) is 0 Å². The molecule has 154 valence electrons. The van der Waals surface area contributed by atoms with E-state index in [-0.39, 0.29) is 35.8 Å². The number of aliphatic imine (C=N–C) groups is 1. The minimum atomic E-state index is -3.04. The first-order chi connectivity index (χ1) is 12.3. The third kappa shape index (κ3) is 7.57. The van der Waals surface area contributed by atoms with Gasteiger partial charge in [-0.2, -0.15) is 0 Å². The SMILES string of the molecule is CN=C(NCCN1CCCS1(=O)=O)NC(C)c1ccc(CC(C)C)cc1.I. The van der Waals surface area contributed by atoms with Crippen molar-refractivity contribution < 1.29 is 8.42 Å². The molecule has 1 unspecified atom stereocenters. The van der Waals surface area contributed by atoms with E-state index in [1.54, 1.807) is 11.4 Å². The number of halogens is 1. The Labute approximate surface area is 181 Å². The van der Waals surface area contributed by atoms with Crippen molar-refractivity contribution >= 4 is 40.0 Å². The summed E-state index contributed by atoms with van der Waals surface area (Å²) in [7, 11) is -1.32. The summed E-state index contributed by atoms with van der Waals surface area (Å²) in [5.41, 5.74) is 2.55. The summed E-state index contributed by atoms with van der Waals surface area (Å²) in [6.45, 7) is 8.17. The lowest BCUT2D eigenvalue weighted by Gasteiger charge is -2.20. The molecule has 1 heterocycles. The van der Waals surface area contributed by atoms with E-state index in [0.717, 1.165) is 12.8 Å². The fourth-order valence-corrected chi connectivity index (χ4v) is 4.67. The van der Waals surface area contributed by atoms with Crippen molar-refractivity contribution in [3.8, 4) is 0 Å². The molecule has 1 saturated heterocycles. The zero-order chi connectivity index (χ0) is 19.2. The minimum Gasteiger partial charge on any atom is -0.355 e. The van der Waals surface area contributed by atoms with E-state index in [2.05, 4.69) is 60.7 Å². The smallest absolute Gasteiger partial charge is 0.214 e. The molecule has 0 aliphatic carbocycles. The molecule has 1 aliphatic heterocycles. The quantitative estimate of drug-likeness (QED) is 0.338. The van der Waals surface area contributed by atoms with Crippen LogP contribution in [0.4, 0.5) is 0 Å². The van der Waals surface area contributed by atoms with Gasteiger partial charge in [-0.05, 0) is 36.8 Å². The Morgan fingerprint density at radius 3 is 2.41 bits per heavy atom. The first kappa shape index (κ1) is 24.2. The highest BCUT2D eigenvalue weighted by atomic mass is 127. The molecule has 0 amide bonds. The molecule has 0 aromatic heterocycles. The summed E-state index contributed by atoms with van der Waals surface area (Å²) in [5.74, 6) is 1.60. The zero-order valence-corrected chi connectivity index (χ0v) is 19.9. The van der Waals surface area contributed by atoms with Gasteiger partial charge >= 0.3 is 0 Å². The molecule has 2 rings (SSSR count). The van der Waals surface area contributed by atoms with Gasteiger partial charge in [0.2, 0.25) is 10.0 Å². The van der Waals surface area contributed by atoms with Crippen LogP contribution in [0.2, 0.25) is 0 Å². The Morgan fingerprint density at radius 1 is 1.22 bits per heavy atom. The molecule has 6 nitrogen and oxygen atoms in total. The Morgan fingerprint density at radius 2 is 1.89 bits per heavy atom. The number of hydrogen-bond acceptors (Lipinski definition) is 3. The van der Waals surface area contributed by atoms with Gasteiger partial charge in [-0.1, -0.05) is 38.1 Å². The van der Waals surface area contributed by atoms with Crippen molar-refractivity contribution in [3.05, 3.63) is 35.4 Å². The fraction of sp³-hybridized carbons (Fsp3) is 0.632. The lowest BCUT2D eigenvalue weighted by atomic mass is 10.00. The highest BCUT2D eigenvalue weighted by Crippen LogP contribution is 2.15. The zero-order valence-electron chi connectivity index (χ0n) is 16.7. The van der Waals surface area contributed by atoms with E-state index in [4.69, 9.17) is 0 Å². The van der Waals surface area contributed by atoms with Crippen molar-refractivity contribution in [2.75, 3.05) is 32.4 Å². The Hall–Kier alpha value is -0.870.